The summed E-state index contributed by atoms with van der Waals surface area (Å²) in [6.45, 7) is 3.40. The first kappa shape index (κ1) is 19.8. The van der Waals surface area contributed by atoms with Crippen molar-refractivity contribution in [1.82, 2.24) is 5.32 Å². The van der Waals surface area contributed by atoms with Crippen molar-refractivity contribution in [1.29, 1.82) is 0 Å². The molecule has 2 unspecified atom stereocenters. The first-order valence-electron chi connectivity index (χ1n) is 9.18. The quantitative estimate of drug-likeness (QED) is 0.614. The van der Waals surface area contributed by atoms with Gasteiger partial charge in [-0.3, -0.25) is 4.79 Å². The molecule has 28 heavy (non-hydrogen) atoms. The summed E-state index contributed by atoms with van der Waals surface area (Å²) in [6.07, 6.45) is 0.956. The van der Waals surface area contributed by atoms with E-state index in [1.807, 2.05) is 0 Å². The molecule has 0 spiro atoms. The Labute approximate surface area is 162 Å². The Morgan fingerprint density at radius 1 is 1.14 bits per heavy atom. The van der Waals surface area contributed by atoms with Gasteiger partial charge in [0.25, 0.3) is 0 Å². The fourth-order valence-electron chi connectivity index (χ4n) is 3.14. The fourth-order valence-corrected chi connectivity index (χ4v) is 3.14. The second kappa shape index (κ2) is 7.98. The van der Waals surface area contributed by atoms with Crippen molar-refractivity contribution >= 4 is 17.6 Å². The number of primary amides is 1. The fraction of sp³-hybridized carbons (Fsp3) is 0.333. The smallest absolute Gasteiger partial charge is 0.319 e. The van der Waals surface area contributed by atoms with Crippen molar-refractivity contribution in [2.45, 2.75) is 38.8 Å². The molecule has 2 aromatic carbocycles. The topological polar surface area (TPSA) is 104 Å². The van der Waals surface area contributed by atoms with Gasteiger partial charge in [0.05, 0.1) is 12.1 Å². The SMILES string of the molecule is Cc1ccc(C(NC(=O)Nc2ccc(C(N)=O)cc2C)C(O)C2CC2)cc1F. The molecule has 0 bridgehead atoms. The molecular formula is C21H24FN3O3. The lowest BCUT2D eigenvalue weighted by atomic mass is 9.97. The maximum atomic E-state index is 14.0. The van der Waals surface area contributed by atoms with Gasteiger partial charge < -0.3 is 21.5 Å². The Morgan fingerprint density at radius 2 is 1.86 bits per heavy atom. The van der Waals surface area contributed by atoms with Crippen LogP contribution in [-0.2, 0) is 0 Å². The lowest BCUT2D eigenvalue weighted by Gasteiger charge is -2.25. The number of hydrogen-bond acceptors (Lipinski definition) is 3. The number of halogens is 1. The molecule has 1 saturated carbocycles. The first-order chi connectivity index (χ1) is 13.3. The van der Waals surface area contributed by atoms with Crippen LogP contribution in [-0.4, -0.2) is 23.1 Å². The van der Waals surface area contributed by atoms with E-state index in [-0.39, 0.29) is 11.7 Å². The lowest BCUT2D eigenvalue weighted by molar-refractivity contribution is 0.1000. The van der Waals surface area contributed by atoms with E-state index in [9.17, 15) is 19.1 Å². The van der Waals surface area contributed by atoms with Gasteiger partial charge in [0.15, 0.2) is 0 Å². The van der Waals surface area contributed by atoms with E-state index in [1.165, 1.54) is 12.1 Å². The lowest BCUT2D eigenvalue weighted by Crippen LogP contribution is -2.39. The molecule has 3 amide bonds. The number of rotatable bonds is 6. The molecular weight excluding hydrogens is 361 g/mol. The van der Waals surface area contributed by atoms with E-state index in [2.05, 4.69) is 10.6 Å². The number of carbonyl (C=O) groups is 2. The van der Waals surface area contributed by atoms with Gasteiger partial charge in [0, 0.05) is 11.3 Å². The minimum Gasteiger partial charge on any atom is -0.390 e. The molecule has 0 heterocycles. The third kappa shape index (κ3) is 4.48. The van der Waals surface area contributed by atoms with Crippen molar-refractivity contribution in [3.05, 3.63) is 64.5 Å². The van der Waals surface area contributed by atoms with Crippen LogP contribution in [0.5, 0.6) is 0 Å². The minimum absolute atomic E-state index is 0.0891. The summed E-state index contributed by atoms with van der Waals surface area (Å²) in [5, 5.41) is 16.1. The molecule has 2 atom stereocenters. The number of aliphatic hydroxyl groups is 1. The molecule has 3 rings (SSSR count). The first-order valence-corrected chi connectivity index (χ1v) is 9.18. The van der Waals surface area contributed by atoms with Crippen molar-refractivity contribution in [3.63, 3.8) is 0 Å². The van der Waals surface area contributed by atoms with Crippen LogP contribution in [0.4, 0.5) is 14.9 Å². The number of hydrogen-bond donors (Lipinski definition) is 4. The summed E-state index contributed by atoms with van der Waals surface area (Å²) < 4.78 is 14.0. The molecule has 0 radical (unpaired) electrons. The normalized spacial score (nSPS) is 15.6. The number of aliphatic hydroxyl groups excluding tert-OH is 1. The zero-order valence-corrected chi connectivity index (χ0v) is 15.8. The summed E-state index contributed by atoms with van der Waals surface area (Å²) in [6, 6.07) is 8.13. The summed E-state index contributed by atoms with van der Waals surface area (Å²) in [5.41, 5.74) is 7.80. The monoisotopic (exact) mass is 385 g/mol. The van der Waals surface area contributed by atoms with Crippen LogP contribution in [0, 0.1) is 25.6 Å². The van der Waals surface area contributed by atoms with Crippen molar-refractivity contribution < 1.29 is 19.1 Å². The second-order valence-electron chi connectivity index (χ2n) is 7.31. The van der Waals surface area contributed by atoms with Gasteiger partial charge >= 0.3 is 6.03 Å². The number of aryl methyl sites for hydroxylation is 2. The average Bonchev–Trinajstić information content (AvgIpc) is 3.48. The molecule has 0 saturated heterocycles. The van der Waals surface area contributed by atoms with Gasteiger partial charge in [0.1, 0.15) is 5.82 Å². The maximum absolute atomic E-state index is 14.0. The molecule has 6 nitrogen and oxygen atoms in total. The van der Waals surface area contributed by atoms with E-state index in [4.69, 9.17) is 5.73 Å². The van der Waals surface area contributed by atoms with Gasteiger partial charge in [-0.25, -0.2) is 9.18 Å². The number of nitrogens with one attached hydrogen (secondary N) is 2. The number of anilines is 1. The van der Waals surface area contributed by atoms with Gasteiger partial charge in [-0.05, 0) is 73.6 Å². The van der Waals surface area contributed by atoms with Gasteiger partial charge in [-0.2, -0.15) is 0 Å². The van der Waals surface area contributed by atoms with Crippen LogP contribution in [0.3, 0.4) is 0 Å². The van der Waals surface area contributed by atoms with E-state index < -0.39 is 24.1 Å². The average molecular weight is 385 g/mol. The van der Waals surface area contributed by atoms with Crippen LogP contribution in [0.25, 0.3) is 0 Å². The Bertz CT molecular complexity index is 912. The third-order valence-electron chi connectivity index (χ3n) is 5.05. The molecule has 7 heteroatoms. The van der Waals surface area contributed by atoms with Crippen LogP contribution >= 0.6 is 0 Å². The standard InChI is InChI=1S/C21H24FN3O3/c1-11-3-4-14(10-16(11)22)18(19(26)13-5-6-13)25-21(28)24-17-8-7-15(20(23)27)9-12(17)2/h3-4,7-10,13,18-19,26H,5-6H2,1-2H3,(H2,23,27)(H2,24,25,28). The number of nitrogens with two attached hydrogens (primary N) is 1. The molecule has 5 N–H and O–H groups in total. The Hall–Kier alpha value is -2.93. The summed E-state index contributed by atoms with van der Waals surface area (Å²) >= 11 is 0. The predicted molar refractivity (Wildman–Crippen MR) is 104 cm³/mol. The Kier molecular flexibility index (Phi) is 5.65. The van der Waals surface area contributed by atoms with E-state index in [1.54, 1.807) is 38.1 Å². The highest BCUT2D eigenvalue weighted by Gasteiger charge is 2.37. The largest absolute Gasteiger partial charge is 0.390 e. The van der Waals surface area contributed by atoms with E-state index >= 15 is 0 Å². The van der Waals surface area contributed by atoms with Crippen LogP contribution in [0.2, 0.25) is 0 Å². The Morgan fingerprint density at radius 3 is 2.43 bits per heavy atom. The summed E-state index contributed by atoms with van der Waals surface area (Å²) in [4.78, 5) is 23.8. The van der Waals surface area contributed by atoms with Crippen LogP contribution in [0.1, 0.15) is 45.9 Å². The minimum atomic E-state index is -0.800. The van der Waals surface area contributed by atoms with Crippen molar-refractivity contribution in [2.24, 2.45) is 11.7 Å². The number of amides is 3. The molecule has 1 aliphatic rings. The summed E-state index contributed by atoms with van der Waals surface area (Å²) in [7, 11) is 0. The number of carbonyl (C=O) groups excluding carboxylic acids is 2. The van der Waals surface area contributed by atoms with E-state index in [0.29, 0.717) is 27.9 Å². The van der Waals surface area contributed by atoms with Gasteiger partial charge in [-0.1, -0.05) is 12.1 Å². The molecule has 1 fully saturated rings. The highest BCUT2D eigenvalue weighted by molar-refractivity contribution is 5.95. The predicted octanol–water partition coefficient (Wildman–Crippen LogP) is 3.18. The second-order valence-corrected chi connectivity index (χ2v) is 7.31. The zero-order chi connectivity index (χ0) is 20.4. The number of benzene rings is 2. The van der Waals surface area contributed by atoms with Crippen LogP contribution < -0.4 is 16.4 Å². The third-order valence-corrected chi connectivity index (χ3v) is 5.05. The highest BCUT2D eigenvalue weighted by atomic mass is 19.1. The zero-order valence-electron chi connectivity index (χ0n) is 15.8. The number of urea groups is 1. The maximum Gasteiger partial charge on any atom is 0.319 e. The van der Waals surface area contributed by atoms with Crippen molar-refractivity contribution in [2.75, 3.05) is 5.32 Å². The van der Waals surface area contributed by atoms with Crippen molar-refractivity contribution in [3.8, 4) is 0 Å². The Balaban J connectivity index is 1.77. The highest BCUT2D eigenvalue weighted by Crippen LogP contribution is 2.38. The van der Waals surface area contributed by atoms with E-state index in [0.717, 1.165) is 12.8 Å². The molecule has 0 aromatic heterocycles. The molecule has 1 aliphatic carbocycles. The molecule has 148 valence electrons. The summed E-state index contributed by atoms with van der Waals surface area (Å²) in [5.74, 6) is -0.843. The molecule has 0 aliphatic heterocycles. The molecule has 2 aromatic rings. The van der Waals surface area contributed by atoms with Gasteiger partial charge in [0.2, 0.25) is 5.91 Å². The van der Waals surface area contributed by atoms with Gasteiger partial charge in [-0.15, -0.1) is 0 Å². The van der Waals surface area contributed by atoms with Crippen LogP contribution in [0.15, 0.2) is 36.4 Å².